The largest absolute Gasteiger partial charge is 0.399 e. The molecule has 0 N–H and O–H groups in total. The lowest BCUT2D eigenvalue weighted by molar-refractivity contribution is 0.185. The van der Waals surface area contributed by atoms with Crippen LogP contribution in [0.4, 0.5) is 0 Å². The highest BCUT2D eigenvalue weighted by Crippen LogP contribution is 1.93. The van der Waals surface area contributed by atoms with Gasteiger partial charge in [-0.1, -0.05) is 54.4 Å². The Morgan fingerprint density at radius 2 is 1.13 bits per heavy atom. The highest BCUT2D eigenvalue weighted by atomic mass is 28.3. The minimum absolute atomic E-state index is 0.630. The molecule has 0 atom stereocenters. The van der Waals surface area contributed by atoms with Gasteiger partial charge < -0.3 is 8.85 Å². The molecule has 0 bridgehead atoms. The lowest BCUT2D eigenvalue weighted by atomic mass is 10.2. The zero-order valence-electron chi connectivity index (χ0n) is 11.5. The molecule has 0 radical (unpaired) electrons. The van der Waals surface area contributed by atoms with Crippen LogP contribution in [-0.2, 0) is 8.85 Å². The quantitative estimate of drug-likeness (QED) is 0.498. The molecule has 0 aromatic heterocycles. The molecule has 15 heavy (non-hydrogen) atoms. The van der Waals surface area contributed by atoms with Gasteiger partial charge in [0.05, 0.1) is 0 Å². The predicted octanol–water partition coefficient (Wildman–Crippen LogP) is 3.14. The Balaban J connectivity index is 0. The maximum absolute atomic E-state index is 5.36. The molecule has 0 heterocycles. The van der Waals surface area contributed by atoms with E-state index < -0.39 is 10.0 Å². The van der Waals surface area contributed by atoms with Gasteiger partial charge >= 0.3 is 10.0 Å². The molecule has 0 unspecified atom stereocenters. The van der Waals surface area contributed by atoms with E-state index in [4.69, 9.17) is 8.85 Å². The summed E-state index contributed by atoms with van der Waals surface area (Å²) >= 11 is 0. The zero-order chi connectivity index (χ0) is 12.1. The minimum atomic E-state index is -0.674. The third-order valence-electron chi connectivity index (χ3n) is 1.57. The summed E-state index contributed by atoms with van der Waals surface area (Å²) in [7, 11) is -0.674. The first-order chi connectivity index (χ1) is 7.04. The Morgan fingerprint density at radius 1 is 0.800 bits per heavy atom. The molecule has 0 amide bonds. The van der Waals surface area contributed by atoms with E-state index in [1.54, 1.807) is 0 Å². The Hall–Kier alpha value is 0.137. The fourth-order valence-corrected chi connectivity index (χ4v) is 1.88. The van der Waals surface area contributed by atoms with E-state index >= 15 is 0 Å². The summed E-state index contributed by atoms with van der Waals surface area (Å²) in [6.07, 6.45) is 2.64. The number of hydrogen-bond acceptors (Lipinski definition) is 2. The van der Waals surface area contributed by atoms with E-state index in [1.165, 1.54) is 12.8 Å². The van der Waals surface area contributed by atoms with Crippen molar-refractivity contribution in [2.24, 2.45) is 11.8 Å². The maximum Gasteiger partial charge on any atom is 0.304 e. The summed E-state index contributed by atoms with van der Waals surface area (Å²) in [5.41, 5.74) is 0. The number of rotatable bonds is 7. The maximum atomic E-state index is 5.36. The first kappa shape index (κ1) is 17.5. The van der Waals surface area contributed by atoms with Gasteiger partial charge in [-0.3, -0.25) is 0 Å². The van der Waals surface area contributed by atoms with Crippen molar-refractivity contribution in [1.29, 1.82) is 0 Å². The van der Waals surface area contributed by atoms with Gasteiger partial charge in [-0.15, -0.1) is 0 Å². The smallest absolute Gasteiger partial charge is 0.304 e. The van der Waals surface area contributed by atoms with Crippen LogP contribution in [-0.4, -0.2) is 23.2 Å². The summed E-state index contributed by atoms with van der Waals surface area (Å²) < 4.78 is 10.7. The van der Waals surface area contributed by atoms with Gasteiger partial charge in [-0.2, -0.15) is 0 Å². The van der Waals surface area contributed by atoms with Crippen molar-refractivity contribution < 1.29 is 8.85 Å². The second kappa shape index (κ2) is 14.1. The molecule has 0 aromatic rings. The van der Waals surface area contributed by atoms with Gasteiger partial charge in [0, 0.05) is 13.2 Å². The summed E-state index contributed by atoms with van der Waals surface area (Å²) in [5.74, 6) is 1.26. The predicted molar refractivity (Wildman–Crippen MR) is 70.7 cm³/mol. The zero-order valence-corrected chi connectivity index (χ0v) is 12.9. The van der Waals surface area contributed by atoms with Crippen molar-refractivity contribution in [3.8, 4) is 0 Å². The molecule has 0 aliphatic heterocycles. The van der Waals surface area contributed by atoms with E-state index in [2.05, 4.69) is 41.5 Å². The van der Waals surface area contributed by atoms with E-state index in [1.807, 2.05) is 0 Å². The van der Waals surface area contributed by atoms with Crippen molar-refractivity contribution in [3.63, 3.8) is 0 Å². The van der Waals surface area contributed by atoms with Crippen molar-refractivity contribution in [3.05, 3.63) is 0 Å². The Kier molecular flexibility index (Phi) is 16.5. The molecule has 0 spiro atoms. The lowest BCUT2D eigenvalue weighted by Gasteiger charge is -2.08. The van der Waals surface area contributed by atoms with Crippen LogP contribution in [0.1, 0.15) is 54.4 Å². The average Bonchev–Trinajstić information content (AvgIpc) is 2.17. The van der Waals surface area contributed by atoms with Crippen LogP contribution in [0, 0.1) is 11.8 Å². The fraction of sp³-hybridized carbons (Fsp3) is 1.00. The molecule has 3 heteroatoms. The Morgan fingerprint density at radius 3 is 1.33 bits per heavy atom. The summed E-state index contributed by atoms with van der Waals surface area (Å²) in [5, 5.41) is 0. The number of unbranched alkanes of at least 4 members (excludes halogenated alkanes) is 1. The first-order valence-electron chi connectivity index (χ1n) is 6.19. The van der Waals surface area contributed by atoms with Crippen molar-refractivity contribution in [1.82, 2.24) is 0 Å². The lowest BCUT2D eigenvalue weighted by Crippen LogP contribution is -2.12. The molecule has 0 aliphatic carbocycles. The fourth-order valence-electron chi connectivity index (χ4n) is 0.627. The monoisotopic (exact) mass is 234 g/mol. The molecule has 0 aromatic carbocycles. The van der Waals surface area contributed by atoms with Crippen molar-refractivity contribution in [2.45, 2.75) is 54.4 Å². The molecule has 0 saturated heterocycles. The molecule has 2 nitrogen and oxygen atoms in total. The Labute approximate surface area is 98.8 Å². The van der Waals surface area contributed by atoms with Crippen LogP contribution < -0.4 is 0 Å². The van der Waals surface area contributed by atoms with Gasteiger partial charge in [0.2, 0.25) is 0 Å². The van der Waals surface area contributed by atoms with E-state index in [9.17, 15) is 0 Å². The highest BCUT2D eigenvalue weighted by Gasteiger charge is 1.95. The minimum Gasteiger partial charge on any atom is -0.399 e. The summed E-state index contributed by atoms with van der Waals surface area (Å²) in [4.78, 5) is 0. The average molecular weight is 234 g/mol. The second-order valence-corrected chi connectivity index (χ2v) is 5.70. The third kappa shape index (κ3) is 24.9. The van der Waals surface area contributed by atoms with Gasteiger partial charge in [-0.25, -0.2) is 0 Å². The highest BCUT2D eigenvalue weighted by molar-refractivity contribution is 6.17. The van der Waals surface area contributed by atoms with E-state index in [0.717, 1.165) is 13.2 Å². The van der Waals surface area contributed by atoms with Crippen LogP contribution in [0.3, 0.4) is 0 Å². The van der Waals surface area contributed by atoms with E-state index in [-0.39, 0.29) is 0 Å². The third-order valence-corrected chi connectivity index (χ3v) is 2.37. The standard InChI is InChI=1S/C8H20O2Si.C4H10/c1-7(2)5-9-11-10-6-8(3)4;1-3-4-2/h7-8H,5-6,11H2,1-4H3;3-4H2,1-2H3. The summed E-state index contributed by atoms with van der Waals surface area (Å²) in [6.45, 7) is 14.7. The van der Waals surface area contributed by atoms with Crippen LogP contribution in [0.25, 0.3) is 0 Å². The first-order valence-corrected chi connectivity index (χ1v) is 7.35. The van der Waals surface area contributed by atoms with Crippen LogP contribution in [0.2, 0.25) is 0 Å². The van der Waals surface area contributed by atoms with Gasteiger partial charge in [0.15, 0.2) is 0 Å². The molecule has 0 saturated carbocycles. The van der Waals surface area contributed by atoms with Crippen LogP contribution >= 0.6 is 0 Å². The SMILES string of the molecule is CC(C)CO[SiH2]OCC(C)C.CCCC. The van der Waals surface area contributed by atoms with Gasteiger partial charge in [0.25, 0.3) is 0 Å². The van der Waals surface area contributed by atoms with Crippen molar-refractivity contribution >= 4 is 10.0 Å². The Bertz CT molecular complexity index is 93.8. The number of hydrogen-bond donors (Lipinski definition) is 0. The van der Waals surface area contributed by atoms with Gasteiger partial charge in [-0.05, 0) is 11.8 Å². The summed E-state index contributed by atoms with van der Waals surface area (Å²) in [6, 6.07) is 0. The van der Waals surface area contributed by atoms with E-state index in [0.29, 0.717) is 11.8 Å². The molecule has 94 valence electrons. The molecule has 0 fully saturated rings. The second-order valence-electron chi connectivity index (χ2n) is 4.65. The van der Waals surface area contributed by atoms with Crippen LogP contribution in [0.5, 0.6) is 0 Å². The van der Waals surface area contributed by atoms with Crippen LogP contribution in [0.15, 0.2) is 0 Å². The topological polar surface area (TPSA) is 18.5 Å². The molecule has 0 rings (SSSR count). The molecular formula is C12H30O2Si. The molecular weight excluding hydrogens is 204 g/mol. The normalized spacial score (nSPS) is 10.4. The van der Waals surface area contributed by atoms with Gasteiger partial charge in [0.1, 0.15) is 0 Å². The van der Waals surface area contributed by atoms with Crippen molar-refractivity contribution in [2.75, 3.05) is 13.2 Å². The molecule has 0 aliphatic rings.